The lowest BCUT2D eigenvalue weighted by Gasteiger charge is -2.06. The van der Waals surface area contributed by atoms with Gasteiger partial charge in [-0.1, -0.05) is 53.3 Å². The van der Waals surface area contributed by atoms with Crippen LogP contribution in [0.1, 0.15) is 18.1 Å². The van der Waals surface area contributed by atoms with Gasteiger partial charge in [0, 0.05) is 22.3 Å². The first-order valence-corrected chi connectivity index (χ1v) is 7.34. The molecule has 0 radical (unpaired) electrons. The number of carbonyl (C=O) groups excluding carboxylic acids is 1. The topological polar surface area (TPSA) is 38.7 Å². The molecule has 2 aromatic carbocycles. The van der Waals surface area contributed by atoms with Gasteiger partial charge in [0.05, 0.1) is 6.21 Å². The molecule has 3 nitrogen and oxygen atoms in total. The molecular weight excluding hydrogens is 282 g/mol. The highest BCUT2D eigenvalue weighted by Gasteiger charge is 2.14. The van der Waals surface area contributed by atoms with Crippen LogP contribution in [-0.2, 0) is 9.63 Å². The molecule has 0 fully saturated rings. The summed E-state index contributed by atoms with van der Waals surface area (Å²) in [6, 6.07) is 16.3. The van der Waals surface area contributed by atoms with Crippen molar-refractivity contribution in [1.82, 2.24) is 0 Å². The Morgan fingerprint density at radius 1 is 1.10 bits per heavy atom. The zero-order valence-corrected chi connectivity index (χ0v) is 12.3. The summed E-state index contributed by atoms with van der Waals surface area (Å²) < 4.78 is 0. The molecule has 0 unspecified atom stereocenters. The molecule has 0 spiro atoms. The number of nitrogens with zero attached hydrogens (tertiary/aromatic N) is 1. The molecule has 0 amide bonds. The maximum Gasteiger partial charge on any atom is 0.331 e. The summed E-state index contributed by atoms with van der Waals surface area (Å²) in [5.41, 5.74) is 3.13. The third-order valence-corrected chi connectivity index (χ3v) is 4.19. The van der Waals surface area contributed by atoms with Gasteiger partial charge >= 0.3 is 5.97 Å². The van der Waals surface area contributed by atoms with E-state index in [1.54, 1.807) is 18.0 Å². The number of hydrogen-bond acceptors (Lipinski definition) is 4. The van der Waals surface area contributed by atoms with E-state index in [0.717, 1.165) is 21.6 Å². The summed E-state index contributed by atoms with van der Waals surface area (Å²) in [6.45, 7) is 1.33. The molecule has 4 heteroatoms. The van der Waals surface area contributed by atoms with Gasteiger partial charge in [0.2, 0.25) is 0 Å². The van der Waals surface area contributed by atoms with Crippen LogP contribution in [0.4, 0.5) is 0 Å². The smallest absolute Gasteiger partial charge is 0.319 e. The van der Waals surface area contributed by atoms with Crippen LogP contribution < -0.4 is 0 Å². The van der Waals surface area contributed by atoms with E-state index in [2.05, 4.69) is 34.3 Å². The lowest BCUT2D eigenvalue weighted by atomic mass is 10.0. The number of fused-ring (bicyclic) bond motifs is 2. The first kappa shape index (κ1) is 13.6. The number of carbonyl (C=O) groups is 1. The van der Waals surface area contributed by atoms with E-state index in [1.165, 1.54) is 11.8 Å². The second kappa shape index (κ2) is 5.97. The van der Waals surface area contributed by atoms with Crippen LogP contribution in [0.15, 0.2) is 63.5 Å². The summed E-state index contributed by atoms with van der Waals surface area (Å²) in [6.07, 6.45) is 3.64. The Balaban J connectivity index is 2.08. The van der Waals surface area contributed by atoms with Crippen molar-refractivity contribution in [1.29, 1.82) is 0 Å². The lowest BCUT2D eigenvalue weighted by Crippen LogP contribution is -1.93. The predicted octanol–water partition coefficient (Wildman–Crippen LogP) is 4.24. The zero-order valence-electron chi connectivity index (χ0n) is 11.4. The third-order valence-electron chi connectivity index (χ3n) is 3.02. The predicted molar refractivity (Wildman–Crippen MR) is 85.1 cm³/mol. The fourth-order valence-corrected chi connectivity index (χ4v) is 3.19. The molecule has 0 aromatic heterocycles. The lowest BCUT2D eigenvalue weighted by molar-refractivity contribution is -0.140. The number of allylic oxidation sites excluding steroid dienone is 1. The van der Waals surface area contributed by atoms with Crippen LogP contribution in [0.25, 0.3) is 11.6 Å². The van der Waals surface area contributed by atoms with Gasteiger partial charge in [-0.05, 0) is 29.3 Å². The standard InChI is InChI=1S/C17H13NO2S/c1-12(19)20-18-11-14-10-13-6-2-4-8-16(13)21-17-9-5-3-7-15(14)17/h2-11H,1H3. The third kappa shape index (κ3) is 3.06. The monoisotopic (exact) mass is 295 g/mol. The molecule has 1 aliphatic heterocycles. The van der Waals surface area contributed by atoms with Crippen molar-refractivity contribution in [3.63, 3.8) is 0 Å². The van der Waals surface area contributed by atoms with Crippen LogP contribution in [-0.4, -0.2) is 12.2 Å². The first-order valence-electron chi connectivity index (χ1n) is 6.53. The molecule has 0 N–H and O–H groups in total. The number of hydrogen-bond donors (Lipinski definition) is 0. The Kier molecular flexibility index (Phi) is 3.88. The van der Waals surface area contributed by atoms with Gasteiger partial charge in [0.1, 0.15) is 0 Å². The fraction of sp³-hybridized carbons (Fsp3) is 0.0588. The van der Waals surface area contributed by atoms with Crippen molar-refractivity contribution >= 4 is 35.6 Å². The van der Waals surface area contributed by atoms with Crippen molar-refractivity contribution in [2.75, 3.05) is 0 Å². The van der Waals surface area contributed by atoms with Crippen molar-refractivity contribution in [2.24, 2.45) is 5.16 Å². The second-order valence-electron chi connectivity index (χ2n) is 4.55. The highest BCUT2D eigenvalue weighted by atomic mass is 32.2. The van der Waals surface area contributed by atoms with E-state index in [0.29, 0.717) is 0 Å². The highest BCUT2D eigenvalue weighted by Crippen LogP contribution is 2.39. The molecule has 2 aromatic rings. The van der Waals surface area contributed by atoms with Gasteiger partial charge in [0.15, 0.2) is 0 Å². The summed E-state index contributed by atoms with van der Waals surface area (Å²) in [5, 5.41) is 3.76. The van der Waals surface area contributed by atoms with Crippen LogP contribution in [0, 0.1) is 0 Å². The van der Waals surface area contributed by atoms with Gasteiger partial charge in [-0.2, -0.15) is 0 Å². The van der Waals surface area contributed by atoms with Crippen molar-refractivity contribution in [3.05, 3.63) is 59.7 Å². The Morgan fingerprint density at radius 3 is 2.62 bits per heavy atom. The minimum Gasteiger partial charge on any atom is -0.319 e. The summed E-state index contributed by atoms with van der Waals surface area (Å²) in [5.74, 6) is -0.427. The molecular formula is C17H13NO2S. The summed E-state index contributed by atoms with van der Waals surface area (Å²) >= 11 is 1.73. The SMILES string of the molecule is CC(=O)ON=CC1=Cc2ccccc2Sc2ccccc21. The van der Waals surface area contributed by atoms with Crippen LogP contribution in [0.2, 0.25) is 0 Å². The maximum absolute atomic E-state index is 10.8. The number of benzene rings is 2. The van der Waals surface area contributed by atoms with Crippen LogP contribution in [0.3, 0.4) is 0 Å². The van der Waals surface area contributed by atoms with Gasteiger partial charge in [-0.25, -0.2) is 4.79 Å². The van der Waals surface area contributed by atoms with Gasteiger partial charge in [-0.15, -0.1) is 0 Å². The molecule has 0 saturated heterocycles. The second-order valence-corrected chi connectivity index (χ2v) is 5.64. The van der Waals surface area contributed by atoms with Crippen LogP contribution >= 0.6 is 11.8 Å². The van der Waals surface area contributed by atoms with Crippen LogP contribution in [0.5, 0.6) is 0 Å². The molecule has 1 heterocycles. The Hall–Kier alpha value is -2.33. The normalized spacial score (nSPS) is 13.1. The van der Waals surface area contributed by atoms with Gasteiger partial charge in [-0.3, -0.25) is 0 Å². The minimum atomic E-state index is -0.427. The van der Waals surface area contributed by atoms with Crippen molar-refractivity contribution < 1.29 is 9.63 Å². The van der Waals surface area contributed by atoms with Crippen molar-refractivity contribution in [2.45, 2.75) is 16.7 Å². The Bertz CT molecular complexity index is 750. The first-order chi connectivity index (χ1) is 10.2. The summed E-state index contributed by atoms with van der Waals surface area (Å²) in [4.78, 5) is 17.9. The van der Waals surface area contributed by atoms with E-state index in [9.17, 15) is 4.79 Å². The van der Waals surface area contributed by atoms with E-state index in [-0.39, 0.29) is 0 Å². The van der Waals surface area contributed by atoms with Crippen molar-refractivity contribution in [3.8, 4) is 0 Å². The van der Waals surface area contributed by atoms with Gasteiger partial charge < -0.3 is 4.84 Å². The largest absolute Gasteiger partial charge is 0.331 e. The molecule has 0 atom stereocenters. The van der Waals surface area contributed by atoms with Gasteiger partial charge in [0.25, 0.3) is 0 Å². The number of oxime groups is 1. The summed E-state index contributed by atoms with van der Waals surface area (Å²) in [7, 11) is 0. The molecule has 0 saturated carbocycles. The highest BCUT2D eigenvalue weighted by molar-refractivity contribution is 7.99. The van der Waals surface area contributed by atoms with E-state index >= 15 is 0 Å². The molecule has 0 bridgehead atoms. The minimum absolute atomic E-state index is 0.427. The quantitative estimate of drug-likeness (QED) is 0.472. The number of rotatable bonds is 2. The van der Waals surface area contributed by atoms with E-state index in [1.807, 2.05) is 30.3 Å². The molecule has 0 aliphatic carbocycles. The zero-order chi connectivity index (χ0) is 14.7. The van der Waals surface area contributed by atoms with E-state index < -0.39 is 5.97 Å². The van der Waals surface area contributed by atoms with E-state index in [4.69, 9.17) is 0 Å². The molecule has 3 rings (SSSR count). The molecule has 104 valence electrons. The molecule has 21 heavy (non-hydrogen) atoms. The average Bonchev–Trinajstić information content (AvgIpc) is 2.63. The Labute approximate surface area is 127 Å². The molecule has 1 aliphatic rings. The fourth-order valence-electron chi connectivity index (χ4n) is 2.11. The maximum atomic E-state index is 10.8. The Morgan fingerprint density at radius 2 is 1.81 bits per heavy atom. The average molecular weight is 295 g/mol.